The molecule has 3 heterocycles. The molecule has 0 fully saturated rings. The van der Waals surface area contributed by atoms with Crippen LogP contribution < -0.4 is 10.6 Å². The first kappa shape index (κ1) is 19.5. The number of amides is 1. The Kier molecular flexibility index (Phi) is 6.03. The van der Waals surface area contributed by atoms with Crippen LogP contribution >= 0.6 is 0 Å². The minimum atomic E-state index is -0.463. The van der Waals surface area contributed by atoms with Crippen LogP contribution in [0.15, 0.2) is 54.4 Å². The first-order chi connectivity index (χ1) is 13.6. The van der Waals surface area contributed by atoms with Crippen LogP contribution in [-0.2, 0) is 11.3 Å². The molecule has 0 bridgehead atoms. The lowest BCUT2D eigenvalue weighted by Gasteiger charge is -2.17. The van der Waals surface area contributed by atoms with E-state index in [0.29, 0.717) is 23.3 Å². The number of benzene rings is 1. The predicted molar refractivity (Wildman–Crippen MR) is 107 cm³/mol. The van der Waals surface area contributed by atoms with Gasteiger partial charge in [0, 0.05) is 29.3 Å². The molecule has 2 N–H and O–H groups in total. The van der Waals surface area contributed by atoms with E-state index in [1.807, 2.05) is 39.0 Å². The number of rotatable bonds is 3. The summed E-state index contributed by atoms with van der Waals surface area (Å²) in [5.74, 6) is -0.367. The van der Waals surface area contributed by atoms with Crippen molar-refractivity contribution in [2.24, 2.45) is 0 Å². The normalized spacial score (nSPS) is 16.4. The third-order valence-electron chi connectivity index (χ3n) is 4.36. The van der Waals surface area contributed by atoms with Gasteiger partial charge in [0.15, 0.2) is 5.65 Å². The lowest BCUT2D eigenvalue weighted by molar-refractivity contribution is -0.121. The third kappa shape index (κ3) is 4.03. The highest BCUT2D eigenvalue weighted by Crippen LogP contribution is 2.24. The zero-order valence-corrected chi connectivity index (χ0v) is 16.2. The molecule has 3 aromatic rings. The fourth-order valence-electron chi connectivity index (χ4n) is 3.07. The fourth-order valence-corrected chi connectivity index (χ4v) is 3.07. The molecule has 6 nitrogen and oxygen atoms in total. The van der Waals surface area contributed by atoms with Gasteiger partial charge in [0.05, 0.1) is 6.54 Å². The van der Waals surface area contributed by atoms with Gasteiger partial charge in [-0.2, -0.15) is 5.10 Å². The Balaban J connectivity index is 0.00000109. The largest absolute Gasteiger partial charge is 0.364 e. The van der Waals surface area contributed by atoms with Crippen LogP contribution in [0.1, 0.15) is 44.6 Å². The van der Waals surface area contributed by atoms with Gasteiger partial charge in [-0.05, 0) is 25.1 Å². The van der Waals surface area contributed by atoms with Crippen molar-refractivity contribution < 1.29 is 9.18 Å². The number of carbonyl (C=O) groups is 1. The van der Waals surface area contributed by atoms with E-state index in [1.165, 1.54) is 6.07 Å². The maximum Gasteiger partial charge on any atom is 0.225 e. The van der Waals surface area contributed by atoms with Gasteiger partial charge in [0.25, 0.3) is 0 Å². The molecular formula is C21H24FN5O. The second kappa shape index (κ2) is 8.65. The Labute approximate surface area is 163 Å². The number of nitrogens with one attached hydrogen (secondary N) is 2. The minimum Gasteiger partial charge on any atom is -0.364 e. The Morgan fingerprint density at radius 2 is 1.96 bits per heavy atom. The van der Waals surface area contributed by atoms with Crippen molar-refractivity contribution in [1.82, 2.24) is 25.4 Å². The van der Waals surface area contributed by atoms with E-state index in [9.17, 15) is 9.18 Å². The summed E-state index contributed by atoms with van der Waals surface area (Å²) in [6, 6.07) is 10.3. The monoisotopic (exact) mass is 381 g/mol. The maximum atomic E-state index is 14.1. The van der Waals surface area contributed by atoms with Crippen LogP contribution in [-0.4, -0.2) is 20.7 Å². The molecular weight excluding hydrogens is 357 g/mol. The highest BCUT2D eigenvalue weighted by Gasteiger charge is 2.24. The highest BCUT2D eigenvalue weighted by atomic mass is 19.1. The van der Waals surface area contributed by atoms with E-state index in [1.54, 1.807) is 29.1 Å². The zero-order chi connectivity index (χ0) is 20.1. The van der Waals surface area contributed by atoms with Crippen molar-refractivity contribution in [3.05, 3.63) is 71.4 Å². The van der Waals surface area contributed by atoms with Gasteiger partial charge >= 0.3 is 0 Å². The first-order valence-electron chi connectivity index (χ1n) is 9.39. The first-order valence-corrected chi connectivity index (χ1v) is 9.39. The number of allylic oxidation sites excluding steroid dienone is 1. The molecule has 1 unspecified atom stereocenters. The third-order valence-corrected chi connectivity index (χ3v) is 4.36. The number of aromatic nitrogens is 3. The molecule has 0 aliphatic carbocycles. The SMILES string of the molecule is CC.CC1=CCC(=O)NC(c2nn(Cc3ccccc3F)c3ncccc23)N1. The average Bonchev–Trinajstić information content (AvgIpc) is 2.98. The predicted octanol–water partition coefficient (Wildman–Crippen LogP) is 3.66. The van der Waals surface area contributed by atoms with Crippen LogP contribution in [0.25, 0.3) is 11.0 Å². The second-order valence-electron chi connectivity index (χ2n) is 6.24. The van der Waals surface area contributed by atoms with Crippen molar-refractivity contribution in [2.75, 3.05) is 0 Å². The van der Waals surface area contributed by atoms with Crippen LogP contribution in [0.3, 0.4) is 0 Å². The van der Waals surface area contributed by atoms with E-state index in [4.69, 9.17) is 0 Å². The number of hydrogen-bond acceptors (Lipinski definition) is 4. The standard InChI is InChI=1S/C19H18FN5O.C2H6/c1-12-8-9-16(26)23-18(22-12)17-14-6-4-10-21-19(14)25(24-17)11-13-5-2-3-7-15(13)20;1-2/h2-8,10,18,22H,9,11H2,1H3,(H,23,26);1-2H3. The summed E-state index contributed by atoms with van der Waals surface area (Å²) in [6.45, 7) is 6.17. The van der Waals surface area contributed by atoms with E-state index in [-0.39, 0.29) is 18.3 Å². The smallest absolute Gasteiger partial charge is 0.225 e. The molecule has 2 aromatic heterocycles. The quantitative estimate of drug-likeness (QED) is 0.726. The summed E-state index contributed by atoms with van der Waals surface area (Å²) >= 11 is 0. The van der Waals surface area contributed by atoms with Crippen LogP contribution in [0.2, 0.25) is 0 Å². The van der Waals surface area contributed by atoms with Gasteiger partial charge < -0.3 is 10.6 Å². The van der Waals surface area contributed by atoms with Crippen LogP contribution in [0, 0.1) is 5.82 Å². The summed E-state index contributed by atoms with van der Waals surface area (Å²) in [7, 11) is 0. The summed E-state index contributed by atoms with van der Waals surface area (Å²) in [5.41, 5.74) is 2.73. The average molecular weight is 381 g/mol. The molecule has 7 heteroatoms. The molecule has 1 aromatic carbocycles. The molecule has 1 atom stereocenters. The van der Waals surface area contributed by atoms with Gasteiger partial charge in [-0.25, -0.2) is 14.1 Å². The van der Waals surface area contributed by atoms with Crippen molar-refractivity contribution >= 4 is 16.9 Å². The van der Waals surface area contributed by atoms with Gasteiger partial charge in [0.1, 0.15) is 17.7 Å². The summed E-state index contributed by atoms with van der Waals surface area (Å²) in [4.78, 5) is 16.4. The lowest BCUT2D eigenvalue weighted by atomic mass is 10.2. The summed E-state index contributed by atoms with van der Waals surface area (Å²) in [6.07, 6.45) is 3.37. The van der Waals surface area contributed by atoms with Crippen molar-refractivity contribution in [2.45, 2.75) is 39.9 Å². The van der Waals surface area contributed by atoms with Crippen molar-refractivity contribution in [3.8, 4) is 0 Å². The second-order valence-corrected chi connectivity index (χ2v) is 6.24. The number of hydrogen-bond donors (Lipinski definition) is 2. The van der Waals surface area contributed by atoms with Gasteiger partial charge in [-0.1, -0.05) is 38.1 Å². The van der Waals surface area contributed by atoms with E-state index >= 15 is 0 Å². The minimum absolute atomic E-state index is 0.0833. The topological polar surface area (TPSA) is 71.8 Å². The van der Waals surface area contributed by atoms with Crippen LogP contribution in [0.5, 0.6) is 0 Å². The molecule has 1 aliphatic heterocycles. The number of nitrogens with zero attached hydrogens (tertiary/aromatic N) is 3. The molecule has 1 aliphatic rings. The van der Waals surface area contributed by atoms with Crippen LogP contribution in [0.4, 0.5) is 4.39 Å². The van der Waals surface area contributed by atoms with E-state index in [2.05, 4.69) is 20.7 Å². The zero-order valence-electron chi connectivity index (χ0n) is 16.2. The number of fused-ring (bicyclic) bond motifs is 1. The van der Waals surface area contributed by atoms with Gasteiger partial charge in [0.2, 0.25) is 5.91 Å². The van der Waals surface area contributed by atoms with E-state index < -0.39 is 6.17 Å². The summed E-state index contributed by atoms with van der Waals surface area (Å²) in [5, 5.41) is 11.6. The summed E-state index contributed by atoms with van der Waals surface area (Å²) < 4.78 is 15.7. The Morgan fingerprint density at radius 3 is 2.75 bits per heavy atom. The van der Waals surface area contributed by atoms with Crippen molar-refractivity contribution in [3.63, 3.8) is 0 Å². The molecule has 28 heavy (non-hydrogen) atoms. The molecule has 0 saturated heterocycles. The van der Waals surface area contributed by atoms with Gasteiger partial charge in [-0.15, -0.1) is 0 Å². The number of halogens is 1. The Bertz CT molecular complexity index is 1010. The molecule has 1 amide bonds. The highest BCUT2D eigenvalue weighted by molar-refractivity contribution is 5.82. The van der Waals surface area contributed by atoms with Crippen molar-refractivity contribution in [1.29, 1.82) is 0 Å². The molecule has 0 radical (unpaired) electrons. The molecule has 0 saturated carbocycles. The van der Waals surface area contributed by atoms with Gasteiger partial charge in [-0.3, -0.25) is 4.79 Å². The number of pyridine rings is 1. The molecule has 0 spiro atoms. The Hall–Kier alpha value is -3.22. The molecule has 146 valence electrons. The maximum absolute atomic E-state index is 14.1. The Morgan fingerprint density at radius 1 is 1.18 bits per heavy atom. The van der Waals surface area contributed by atoms with E-state index in [0.717, 1.165) is 11.1 Å². The fraction of sp³-hybridized carbons (Fsp3) is 0.286. The lowest BCUT2D eigenvalue weighted by Crippen LogP contribution is -2.35. The molecule has 4 rings (SSSR count). The number of carbonyl (C=O) groups excluding carboxylic acids is 1.